The molecule has 170 valence electrons. The highest BCUT2D eigenvalue weighted by Gasteiger charge is 2.26. The quantitative estimate of drug-likeness (QED) is 0.702. The highest BCUT2D eigenvalue weighted by Crippen LogP contribution is 2.29. The molecule has 2 fully saturated rings. The van der Waals surface area contributed by atoms with Gasteiger partial charge in [0.2, 0.25) is 5.91 Å². The van der Waals surface area contributed by atoms with Gasteiger partial charge >= 0.3 is 0 Å². The lowest BCUT2D eigenvalue weighted by Gasteiger charge is -2.36. The van der Waals surface area contributed by atoms with E-state index in [0.29, 0.717) is 24.3 Å². The lowest BCUT2D eigenvalue weighted by Crippen LogP contribution is -2.44. The molecule has 2 aromatic rings. The van der Waals surface area contributed by atoms with E-state index < -0.39 is 0 Å². The molecule has 0 spiro atoms. The van der Waals surface area contributed by atoms with Crippen molar-refractivity contribution in [3.8, 4) is 0 Å². The fourth-order valence-electron chi connectivity index (χ4n) is 5.64. The van der Waals surface area contributed by atoms with Crippen molar-refractivity contribution in [1.82, 2.24) is 19.3 Å². The van der Waals surface area contributed by atoms with E-state index in [4.69, 9.17) is 0 Å². The van der Waals surface area contributed by atoms with Crippen LogP contribution in [0.1, 0.15) is 49.8 Å². The van der Waals surface area contributed by atoms with E-state index in [0.717, 1.165) is 45.4 Å². The van der Waals surface area contributed by atoms with Gasteiger partial charge in [-0.2, -0.15) is 0 Å². The molecule has 5 heteroatoms. The summed E-state index contributed by atoms with van der Waals surface area (Å²) in [4.78, 5) is 19.9. The minimum absolute atomic E-state index is 0.344. The molecule has 0 saturated carbocycles. The first-order valence-electron chi connectivity index (χ1n) is 12.1. The summed E-state index contributed by atoms with van der Waals surface area (Å²) in [6.07, 6.45) is 6.46. The summed E-state index contributed by atoms with van der Waals surface area (Å²) in [5.41, 5.74) is 4.17. The van der Waals surface area contributed by atoms with Crippen molar-refractivity contribution in [2.24, 2.45) is 13.0 Å². The van der Waals surface area contributed by atoms with Gasteiger partial charge in [0.25, 0.3) is 0 Å². The number of nitrogens with zero attached hydrogens (tertiary/aromatic N) is 4. The SMILES string of the molecule is Cc1c(CN2CCCC(CCC(=O)N(C)C3CCN(C)CC3)C2)c2ccccc2n1C. The largest absolute Gasteiger partial charge is 0.348 e. The van der Waals surface area contributed by atoms with E-state index in [-0.39, 0.29) is 0 Å². The van der Waals surface area contributed by atoms with E-state index in [2.05, 4.69) is 59.7 Å². The molecule has 1 unspecified atom stereocenters. The zero-order chi connectivity index (χ0) is 22.0. The van der Waals surface area contributed by atoms with Gasteiger partial charge in [0, 0.05) is 56.2 Å². The topological polar surface area (TPSA) is 31.7 Å². The Labute approximate surface area is 188 Å². The van der Waals surface area contributed by atoms with Gasteiger partial charge in [-0.25, -0.2) is 0 Å². The predicted octanol–water partition coefficient (Wildman–Crippen LogP) is 4.03. The van der Waals surface area contributed by atoms with Gasteiger partial charge in [0.1, 0.15) is 0 Å². The summed E-state index contributed by atoms with van der Waals surface area (Å²) in [6, 6.07) is 9.19. The summed E-state index contributed by atoms with van der Waals surface area (Å²) in [5.74, 6) is 0.982. The first-order valence-corrected chi connectivity index (χ1v) is 12.1. The summed E-state index contributed by atoms with van der Waals surface area (Å²) in [5, 5.41) is 1.39. The van der Waals surface area contributed by atoms with E-state index in [1.54, 1.807) is 0 Å². The third kappa shape index (κ3) is 4.98. The fourth-order valence-corrected chi connectivity index (χ4v) is 5.64. The zero-order valence-electron chi connectivity index (χ0n) is 19.9. The first kappa shape index (κ1) is 22.3. The Morgan fingerprint density at radius 3 is 2.61 bits per heavy atom. The van der Waals surface area contributed by atoms with Crippen LogP contribution in [0.4, 0.5) is 0 Å². The van der Waals surface area contributed by atoms with Crippen LogP contribution in [0, 0.1) is 12.8 Å². The number of aromatic nitrogens is 1. The molecular weight excluding hydrogens is 384 g/mol. The fraction of sp³-hybridized carbons (Fsp3) is 0.654. The van der Waals surface area contributed by atoms with Gasteiger partial charge in [-0.05, 0) is 83.3 Å². The van der Waals surface area contributed by atoms with Crippen LogP contribution < -0.4 is 0 Å². The van der Waals surface area contributed by atoms with E-state index in [1.165, 1.54) is 41.5 Å². The Morgan fingerprint density at radius 1 is 1.10 bits per heavy atom. The van der Waals surface area contributed by atoms with Crippen LogP contribution in [0.15, 0.2) is 24.3 Å². The molecule has 2 aliphatic rings. The highest BCUT2D eigenvalue weighted by molar-refractivity contribution is 5.85. The monoisotopic (exact) mass is 424 g/mol. The second-order valence-electron chi connectivity index (χ2n) is 9.96. The van der Waals surface area contributed by atoms with Crippen molar-refractivity contribution in [3.63, 3.8) is 0 Å². The Morgan fingerprint density at radius 2 is 1.84 bits per heavy atom. The van der Waals surface area contributed by atoms with Crippen molar-refractivity contribution in [3.05, 3.63) is 35.5 Å². The van der Waals surface area contributed by atoms with Gasteiger partial charge < -0.3 is 14.4 Å². The van der Waals surface area contributed by atoms with Crippen LogP contribution in [-0.4, -0.2) is 71.5 Å². The average molecular weight is 425 g/mol. The smallest absolute Gasteiger partial charge is 0.222 e. The number of fused-ring (bicyclic) bond motifs is 1. The van der Waals surface area contributed by atoms with Gasteiger partial charge in [-0.3, -0.25) is 9.69 Å². The predicted molar refractivity (Wildman–Crippen MR) is 128 cm³/mol. The van der Waals surface area contributed by atoms with Gasteiger partial charge in [-0.1, -0.05) is 18.2 Å². The van der Waals surface area contributed by atoms with Crippen LogP contribution in [0.25, 0.3) is 10.9 Å². The Balaban J connectivity index is 1.31. The molecular formula is C26H40N4O. The standard InChI is InChI=1S/C26H40N4O/c1-20-24(23-9-5-6-10-25(23)28(20)3)19-30-15-7-8-21(18-30)11-12-26(31)29(4)22-13-16-27(2)17-14-22/h5-6,9-10,21-22H,7-8,11-19H2,1-4H3. The van der Waals surface area contributed by atoms with Gasteiger partial charge in [0.15, 0.2) is 0 Å². The molecule has 0 bridgehead atoms. The molecule has 5 nitrogen and oxygen atoms in total. The summed E-state index contributed by atoms with van der Waals surface area (Å²) in [7, 11) is 6.37. The van der Waals surface area contributed by atoms with Crippen molar-refractivity contribution in [2.45, 2.75) is 58.0 Å². The normalized spacial score (nSPS) is 21.6. The number of carbonyl (C=O) groups excluding carboxylic acids is 1. The van der Waals surface area contributed by atoms with Crippen molar-refractivity contribution >= 4 is 16.8 Å². The lowest BCUT2D eigenvalue weighted by atomic mass is 9.92. The van der Waals surface area contributed by atoms with Crippen molar-refractivity contribution < 1.29 is 4.79 Å². The van der Waals surface area contributed by atoms with E-state index >= 15 is 0 Å². The number of benzene rings is 1. The van der Waals surface area contributed by atoms with Gasteiger partial charge in [0.05, 0.1) is 0 Å². The summed E-state index contributed by atoms with van der Waals surface area (Å²) < 4.78 is 2.32. The number of hydrogen-bond acceptors (Lipinski definition) is 3. The number of hydrogen-bond donors (Lipinski definition) is 0. The molecule has 1 atom stereocenters. The molecule has 31 heavy (non-hydrogen) atoms. The molecule has 1 aromatic carbocycles. The first-order chi connectivity index (χ1) is 14.9. The molecule has 0 radical (unpaired) electrons. The number of piperidine rings is 2. The number of aryl methyl sites for hydroxylation is 1. The zero-order valence-corrected chi connectivity index (χ0v) is 19.9. The highest BCUT2D eigenvalue weighted by atomic mass is 16.2. The van der Waals surface area contributed by atoms with E-state index in [9.17, 15) is 4.79 Å². The molecule has 3 heterocycles. The molecule has 1 amide bonds. The lowest BCUT2D eigenvalue weighted by molar-refractivity contribution is -0.133. The third-order valence-electron chi connectivity index (χ3n) is 7.91. The molecule has 2 saturated heterocycles. The van der Waals surface area contributed by atoms with Gasteiger partial charge in [-0.15, -0.1) is 0 Å². The third-order valence-corrected chi connectivity index (χ3v) is 7.91. The maximum Gasteiger partial charge on any atom is 0.222 e. The van der Waals surface area contributed by atoms with Crippen LogP contribution in [0.5, 0.6) is 0 Å². The summed E-state index contributed by atoms with van der Waals surface area (Å²) in [6.45, 7) is 7.76. The second kappa shape index (κ2) is 9.74. The van der Waals surface area contributed by atoms with Crippen LogP contribution in [0.3, 0.4) is 0 Å². The molecule has 2 aliphatic heterocycles. The molecule has 0 N–H and O–H groups in total. The van der Waals surface area contributed by atoms with Crippen LogP contribution in [-0.2, 0) is 18.4 Å². The maximum atomic E-state index is 12.8. The minimum Gasteiger partial charge on any atom is -0.348 e. The number of carbonyl (C=O) groups is 1. The number of para-hydroxylation sites is 1. The number of amides is 1. The second-order valence-corrected chi connectivity index (χ2v) is 9.96. The Hall–Kier alpha value is -1.85. The van der Waals surface area contributed by atoms with Crippen molar-refractivity contribution in [1.29, 1.82) is 0 Å². The van der Waals surface area contributed by atoms with E-state index in [1.807, 2.05) is 11.9 Å². The van der Waals surface area contributed by atoms with Crippen molar-refractivity contribution in [2.75, 3.05) is 40.3 Å². The number of likely N-dealkylation sites (tertiary alicyclic amines) is 2. The molecule has 1 aromatic heterocycles. The minimum atomic E-state index is 0.344. The molecule has 4 rings (SSSR count). The average Bonchev–Trinajstić information content (AvgIpc) is 3.03. The van der Waals surface area contributed by atoms with Crippen LogP contribution in [0.2, 0.25) is 0 Å². The van der Waals surface area contributed by atoms with Crippen LogP contribution >= 0.6 is 0 Å². The number of rotatable bonds is 6. The maximum absolute atomic E-state index is 12.8. The summed E-state index contributed by atoms with van der Waals surface area (Å²) >= 11 is 0. The Kier molecular flexibility index (Phi) is 7.02. The Bertz CT molecular complexity index is 896. The molecule has 0 aliphatic carbocycles.